The van der Waals surface area contributed by atoms with E-state index in [4.69, 9.17) is 5.73 Å². The SMILES string of the molecule is CSC1NNC(N)N1. The molecule has 5 N–H and O–H groups in total. The Kier molecular flexibility index (Phi) is 2.09. The lowest BCUT2D eigenvalue weighted by molar-refractivity contribution is 0.547. The summed E-state index contributed by atoms with van der Waals surface area (Å²) in [6.45, 7) is 0. The molecule has 0 saturated carbocycles. The molecule has 1 saturated heterocycles. The molecule has 2 unspecified atom stereocenters. The van der Waals surface area contributed by atoms with Gasteiger partial charge < -0.3 is 5.73 Å². The van der Waals surface area contributed by atoms with Crippen molar-refractivity contribution < 1.29 is 0 Å². The van der Waals surface area contributed by atoms with E-state index in [2.05, 4.69) is 16.2 Å². The Morgan fingerprint density at radius 1 is 1.50 bits per heavy atom. The lowest BCUT2D eigenvalue weighted by Gasteiger charge is -2.03. The third-order valence-corrected chi connectivity index (χ3v) is 1.66. The van der Waals surface area contributed by atoms with Crippen LogP contribution in [0.15, 0.2) is 0 Å². The van der Waals surface area contributed by atoms with Gasteiger partial charge in [0, 0.05) is 0 Å². The predicted molar refractivity (Wildman–Crippen MR) is 34.7 cm³/mol. The van der Waals surface area contributed by atoms with E-state index in [1.165, 1.54) is 0 Å². The van der Waals surface area contributed by atoms with E-state index < -0.39 is 0 Å². The maximum Gasteiger partial charge on any atom is 0.123 e. The first-order valence-corrected chi connectivity index (χ1v) is 3.67. The van der Waals surface area contributed by atoms with Gasteiger partial charge in [-0.3, -0.25) is 5.32 Å². The van der Waals surface area contributed by atoms with Crippen molar-refractivity contribution in [1.82, 2.24) is 16.2 Å². The lowest BCUT2D eigenvalue weighted by Crippen LogP contribution is -2.41. The molecule has 8 heavy (non-hydrogen) atoms. The Labute approximate surface area is 52.5 Å². The molecule has 0 amide bonds. The Morgan fingerprint density at radius 2 is 2.25 bits per heavy atom. The summed E-state index contributed by atoms with van der Waals surface area (Å²) in [5, 5.41) is 3.02. The average Bonchev–Trinajstić information content (AvgIpc) is 2.14. The second kappa shape index (κ2) is 2.65. The molecule has 1 fully saturated rings. The fourth-order valence-corrected chi connectivity index (χ4v) is 1.01. The van der Waals surface area contributed by atoms with Crippen molar-refractivity contribution in [3.05, 3.63) is 0 Å². The van der Waals surface area contributed by atoms with Crippen LogP contribution >= 0.6 is 11.8 Å². The third kappa shape index (κ3) is 1.33. The molecule has 48 valence electrons. The largest absolute Gasteiger partial charge is 0.303 e. The second-order valence-corrected chi connectivity index (χ2v) is 2.49. The highest BCUT2D eigenvalue weighted by Gasteiger charge is 2.16. The van der Waals surface area contributed by atoms with Gasteiger partial charge in [0.2, 0.25) is 0 Å². The fourth-order valence-electron chi connectivity index (χ4n) is 0.539. The highest BCUT2D eigenvalue weighted by Crippen LogP contribution is 1.99. The molecule has 4 nitrogen and oxygen atoms in total. The molecular weight excluding hydrogens is 124 g/mol. The molecule has 0 aromatic heterocycles. The van der Waals surface area contributed by atoms with Crippen molar-refractivity contribution in [2.75, 3.05) is 6.26 Å². The van der Waals surface area contributed by atoms with Crippen LogP contribution in [0.3, 0.4) is 0 Å². The topological polar surface area (TPSA) is 62.1 Å². The summed E-state index contributed by atoms with van der Waals surface area (Å²) >= 11 is 1.67. The minimum Gasteiger partial charge on any atom is -0.303 e. The van der Waals surface area contributed by atoms with E-state index in [1.54, 1.807) is 11.8 Å². The van der Waals surface area contributed by atoms with Gasteiger partial charge >= 0.3 is 0 Å². The Balaban J connectivity index is 2.22. The van der Waals surface area contributed by atoms with Crippen LogP contribution in [-0.4, -0.2) is 18.0 Å². The highest BCUT2D eigenvalue weighted by atomic mass is 32.2. The first-order chi connectivity index (χ1) is 3.83. The molecular formula is C3H10N4S. The first-order valence-electron chi connectivity index (χ1n) is 2.38. The molecule has 0 aromatic rings. The number of thioether (sulfide) groups is 1. The smallest absolute Gasteiger partial charge is 0.123 e. The van der Waals surface area contributed by atoms with Crippen LogP contribution in [0.1, 0.15) is 0 Å². The molecule has 1 aliphatic rings. The van der Waals surface area contributed by atoms with Crippen LogP contribution in [-0.2, 0) is 0 Å². The molecule has 0 bridgehead atoms. The predicted octanol–water partition coefficient (Wildman–Crippen LogP) is -1.43. The fraction of sp³-hybridized carbons (Fsp3) is 1.00. The zero-order valence-electron chi connectivity index (χ0n) is 4.64. The van der Waals surface area contributed by atoms with E-state index >= 15 is 0 Å². The number of hydrogen-bond donors (Lipinski definition) is 4. The molecule has 1 aliphatic heterocycles. The van der Waals surface area contributed by atoms with Gasteiger partial charge in [-0.15, -0.1) is 11.8 Å². The van der Waals surface area contributed by atoms with Gasteiger partial charge in [-0.2, -0.15) is 0 Å². The Morgan fingerprint density at radius 3 is 2.50 bits per heavy atom. The summed E-state index contributed by atoms with van der Waals surface area (Å²) in [6, 6.07) is 0. The third-order valence-electron chi connectivity index (χ3n) is 0.937. The van der Waals surface area contributed by atoms with Crippen LogP contribution in [0.2, 0.25) is 0 Å². The standard InChI is InChI=1S/C3H10N4S/c1-8-3-5-2(4)6-7-3/h2-3,5-7H,4H2,1H3. The zero-order chi connectivity index (χ0) is 5.98. The van der Waals surface area contributed by atoms with E-state index in [-0.39, 0.29) is 11.8 Å². The van der Waals surface area contributed by atoms with Crippen molar-refractivity contribution in [1.29, 1.82) is 0 Å². The Hall–Kier alpha value is 0.190. The second-order valence-electron chi connectivity index (χ2n) is 1.55. The van der Waals surface area contributed by atoms with Gasteiger partial charge in [0.05, 0.1) is 0 Å². The molecule has 0 radical (unpaired) electrons. The van der Waals surface area contributed by atoms with Gasteiger partial charge in [0.15, 0.2) is 0 Å². The van der Waals surface area contributed by atoms with Crippen LogP contribution in [0, 0.1) is 0 Å². The lowest BCUT2D eigenvalue weighted by atomic mass is 10.9. The maximum atomic E-state index is 5.40. The summed E-state index contributed by atoms with van der Waals surface area (Å²) < 4.78 is 0. The summed E-state index contributed by atoms with van der Waals surface area (Å²) in [5.41, 5.74) is 11.4. The van der Waals surface area contributed by atoms with E-state index in [9.17, 15) is 0 Å². The molecule has 5 heteroatoms. The molecule has 0 spiro atoms. The molecule has 0 aliphatic carbocycles. The minimum absolute atomic E-state index is 0.104. The number of hydrazine groups is 1. The number of hydrogen-bond acceptors (Lipinski definition) is 5. The summed E-state index contributed by atoms with van der Waals surface area (Å²) in [4.78, 5) is 0. The van der Waals surface area contributed by atoms with Gasteiger partial charge in [-0.25, -0.2) is 10.9 Å². The summed E-state index contributed by atoms with van der Waals surface area (Å²) in [5.74, 6) is 0. The van der Waals surface area contributed by atoms with Crippen LogP contribution in [0.25, 0.3) is 0 Å². The maximum absolute atomic E-state index is 5.40. The van der Waals surface area contributed by atoms with Crippen molar-refractivity contribution in [3.8, 4) is 0 Å². The number of nitrogens with two attached hydrogens (primary N) is 1. The highest BCUT2D eigenvalue weighted by molar-refractivity contribution is 7.99. The quantitative estimate of drug-likeness (QED) is 0.354. The molecule has 1 heterocycles. The van der Waals surface area contributed by atoms with Crippen molar-refractivity contribution in [3.63, 3.8) is 0 Å². The monoisotopic (exact) mass is 134 g/mol. The van der Waals surface area contributed by atoms with E-state index in [0.717, 1.165) is 0 Å². The number of rotatable bonds is 1. The van der Waals surface area contributed by atoms with Crippen molar-refractivity contribution in [2.24, 2.45) is 5.73 Å². The molecule has 0 aromatic carbocycles. The minimum atomic E-state index is -0.104. The van der Waals surface area contributed by atoms with Gasteiger partial charge in [0.1, 0.15) is 11.8 Å². The van der Waals surface area contributed by atoms with Gasteiger partial charge in [-0.1, -0.05) is 0 Å². The Bertz CT molecular complexity index is 77.7. The van der Waals surface area contributed by atoms with Crippen LogP contribution < -0.4 is 21.9 Å². The van der Waals surface area contributed by atoms with Gasteiger partial charge in [0.25, 0.3) is 0 Å². The number of nitrogens with one attached hydrogen (secondary N) is 3. The van der Waals surface area contributed by atoms with E-state index in [0.29, 0.717) is 0 Å². The summed E-state index contributed by atoms with van der Waals surface area (Å²) in [7, 11) is 0. The summed E-state index contributed by atoms with van der Waals surface area (Å²) in [6.07, 6.45) is 1.90. The molecule has 1 rings (SSSR count). The van der Waals surface area contributed by atoms with Gasteiger partial charge in [-0.05, 0) is 6.26 Å². The zero-order valence-corrected chi connectivity index (χ0v) is 5.46. The van der Waals surface area contributed by atoms with Crippen molar-refractivity contribution in [2.45, 2.75) is 11.8 Å². The average molecular weight is 134 g/mol. The van der Waals surface area contributed by atoms with E-state index in [1.807, 2.05) is 6.26 Å². The van der Waals surface area contributed by atoms with Crippen LogP contribution in [0.4, 0.5) is 0 Å². The first kappa shape index (κ1) is 6.31. The normalized spacial score (nSPS) is 38.2. The molecule has 2 atom stereocenters. The van der Waals surface area contributed by atoms with Crippen LogP contribution in [0.5, 0.6) is 0 Å². The van der Waals surface area contributed by atoms with Crippen molar-refractivity contribution >= 4 is 11.8 Å².